The first-order chi connectivity index (χ1) is 10.2. The van der Waals surface area contributed by atoms with Crippen LogP contribution in [0, 0.1) is 0 Å². The molecule has 2 aromatic carbocycles. The summed E-state index contributed by atoms with van der Waals surface area (Å²) in [5, 5.41) is 0. The van der Waals surface area contributed by atoms with E-state index in [-0.39, 0.29) is 5.78 Å². The molecule has 0 aliphatic rings. The van der Waals surface area contributed by atoms with Gasteiger partial charge in [0.1, 0.15) is 5.75 Å². The molecule has 106 valence electrons. The molecule has 0 spiro atoms. The van der Waals surface area contributed by atoms with E-state index < -0.39 is 0 Å². The fraction of sp³-hybridized carbons (Fsp3) is 0.111. The Morgan fingerprint density at radius 2 is 1.62 bits per heavy atom. The summed E-state index contributed by atoms with van der Waals surface area (Å²) in [6.07, 6.45) is 5.15. The molecule has 0 aromatic heterocycles. The van der Waals surface area contributed by atoms with Crippen LogP contribution in [0.25, 0.3) is 6.08 Å². The van der Waals surface area contributed by atoms with Gasteiger partial charge in [0.2, 0.25) is 0 Å². The Morgan fingerprint density at radius 1 is 1.00 bits per heavy atom. The molecule has 0 unspecified atom stereocenters. The van der Waals surface area contributed by atoms with E-state index in [0.29, 0.717) is 0 Å². The molecule has 0 atom stereocenters. The van der Waals surface area contributed by atoms with Gasteiger partial charge in [-0.1, -0.05) is 18.2 Å². The minimum atomic E-state index is 0.0385. The molecule has 3 heteroatoms. The number of ketones is 1. The van der Waals surface area contributed by atoms with E-state index >= 15 is 0 Å². The van der Waals surface area contributed by atoms with Crippen molar-refractivity contribution in [3.63, 3.8) is 0 Å². The normalized spacial score (nSPS) is 11.1. The molecule has 0 saturated carbocycles. The van der Waals surface area contributed by atoms with Gasteiger partial charge >= 0.3 is 0 Å². The Balaban J connectivity index is 2.05. The third-order valence-corrected chi connectivity index (χ3v) is 2.88. The quantitative estimate of drug-likeness (QED) is 0.612. The van der Waals surface area contributed by atoms with Crippen LogP contribution in [0.1, 0.15) is 18.1 Å². The third-order valence-electron chi connectivity index (χ3n) is 2.88. The van der Waals surface area contributed by atoms with E-state index in [0.717, 1.165) is 22.6 Å². The number of allylic oxidation sites excluding steroid dienone is 1. The Hall–Kier alpha value is -2.68. The van der Waals surface area contributed by atoms with Gasteiger partial charge in [-0.2, -0.15) is 0 Å². The molecule has 0 bridgehead atoms. The molecule has 0 aliphatic heterocycles. The predicted molar refractivity (Wildman–Crippen MR) is 86.4 cm³/mol. The van der Waals surface area contributed by atoms with Crippen molar-refractivity contribution in [1.82, 2.24) is 0 Å². The van der Waals surface area contributed by atoms with Crippen molar-refractivity contribution in [2.75, 3.05) is 7.11 Å². The minimum Gasteiger partial charge on any atom is -0.497 e. The highest BCUT2D eigenvalue weighted by atomic mass is 16.5. The van der Waals surface area contributed by atoms with Gasteiger partial charge in [-0.3, -0.25) is 9.79 Å². The Morgan fingerprint density at radius 3 is 2.19 bits per heavy atom. The lowest BCUT2D eigenvalue weighted by atomic mass is 10.2. The van der Waals surface area contributed by atoms with Crippen molar-refractivity contribution < 1.29 is 9.53 Å². The molecule has 0 N–H and O–H groups in total. The minimum absolute atomic E-state index is 0.0385. The molecule has 3 nitrogen and oxygen atoms in total. The summed E-state index contributed by atoms with van der Waals surface area (Å²) in [4.78, 5) is 15.3. The Labute approximate surface area is 124 Å². The van der Waals surface area contributed by atoms with Crippen molar-refractivity contribution in [3.8, 4) is 5.75 Å². The van der Waals surface area contributed by atoms with E-state index in [1.807, 2.05) is 48.5 Å². The van der Waals surface area contributed by atoms with Gasteiger partial charge in [0.05, 0.1) is 12.8 Å². The number of carbonyl (C=O) groups excluding carboxylic acids is 1. The molecule has 2 aromatic rings. The SMILES string of the molecule is COc1ccc(C=Nc2ccc(C=CC(C)=O)cc2)cc1. The maximum Gasteiger partial charge on any atom is 0.152 e. The number of rotatable bonds is 5. The van der Waals surface area contributed by atoms with Gasteiger partial charge in [0.25, 0.3) is 0 Å². The van der Waals surface area contributed by atoms with Gasteiger partial charge < -0.3 is 4.74 Å². The second kappa shape index (κ2) is 7.20. The summed E-state index contributed by atoms with van der Waals surface area (Å²) >= 11 is 0. The largest absolute Gasteiger partial charge is 0.497 e. The first-order valence-electron chi connectivity index (χ1n) is 6.64. The highest BCUT2D eigenvalue weighted by molar-refractivity contribution is 5.91. The first-order valence-corrected chi connectivity index (χ1v) is 6.64. The molecule has 0 amide bonds. The number of benzene rings is 2. The molecule has 0 aliphatic carbocycles. The van der Waals surface area contributed by atoms with Crippen LogP contribution in [-0.4, -0.2) is 19.1 Å². The van der Waals surface area contributed by atoms with Crippen LogP contribution in [0.15, 0.2) is 59.6 Å². The van der Waals surface area contributed by atoms with E-state index in [4.69, 9.17) is 4.74 Å². The zero-order valence-corrected chi connectivity index (χ0v) is 12.1. The fourth-order valence-corrected chi connectivity index (χ4v) is 1.72. The van der Waals surface area contributed by atoms with Crippen LogP contribution in [0.3, 0.4) is 0 Å². The Bertz CT molecular complexity index is 653. The molecule has 2 rings (SSSR count). The second-order valence-electron chi connectivity index (χ2n) is 4.57. The smallest absolute Gasteiger partial charge is 0.152 e. The molecule has 21 heavy (non-hydrogen) atoms. The summed E-state index contributed by atoms with van der Waals surface area (Å²) < 4.78 is 5.11. The number of ether oxygens (including phenoxy) is 1. The summed E-state index contributed by atoms with van der Waals surface area (Å²) in [5.41, 5.74) is 2.86. The zero-order valence-electron chi connectivity index (χ0n) is 12.1. The van der Waals surface area contributed by atoms with Crippen LogP contribution in [0.4, 0.5) is 5.69 Å². The lowest BCUT2D eigenvalue weighted by Crippen LogP contribution is -1.84. The van der Waals surface area contributed by atoms with Crippen molar-refractivity contribution >= 4 is 23.8 Å². The predicted octanol–water partition coefficient (Wildman–Crippen LogP) is 4.05. The maximum atomic E-state index is 10.9. The van der Waals surface area contributed by atoms with Crippen LogP contribution in [0.2, 0.25) is 0 Å². The Kier molecular flexibility index (Phi) is 5.04. The average molecular weight is 279 g/mol. The van der Waals surface area contributed by atoms with E-state index in [1.165, 1.54) is 6.92 Å². The molecular formula is C18H17NO2. The summed E-state index contributed by atoms with van der Waals surface area (Å²) in [5.74, 6) is 0.866. The van der Waals surface area contributed by atoms with Gasteiger partial charge in [-0.25, -0.2) is 0 Å². The number of nitrogens with zero attached hydrogens (tertiary/aromatic N) is 1. The summed E-state index contributed by atoms with van der Waals surface area (Å²) in [7, 11) is 1.64. The molecular weight excluding hydrogens is 262 g/mol. The lowest BCUT2D eigenvalue weighted by Gasteiger charge is -1.99. The maximum absolute atomic E-state index is 10.9. The number of hydrogen-bond acceptors (Lipinski definition) is 3. The van der Waals surface area contributed by atoms with Crippen LogP contribution in [-0.2, 0) is 4.79 Å². The van der Waals surface area contributed by atoms with E-state index in [1.54, 1.807) is 25.5 Å². The van der Waals surface area contributed by atoms with Crippen LogP contribution >= 0.6 is 0 Å². The van der Waals surface area contributed by atoms with Gasteiger partial charge in [-0.15, -0.1) is 0 Å². The third kappa shape index (κ3) is 4.73. The molecule has 0 radical (unpaired) electrons. The molecule has 0 saturated heterocycles. The standard InChI is InChI=1S/C18H17NO2/c1-14(20)3-4-15-5-9-17(10-6-15)19-13-16-7-11-18(21-2)12-8-16/h3-13H,1-2H3. The number of hydrogen-bond donors (Lipinski definition) is 0. The monoisotopic (exact) mass is 279 g/mol. The van der Waals surface area contributed by atoms with E-state index in [9.17, 15) is 4.79 Å². The van der Waals surface area contributed by atoms with E-state index in [2.05, 4.69) is 4.99 Å². The number of aliphatic imine (C=N–C) groups is 1. The zero-order chi connectivity index (χ0) is 15.1. The lowest BCUT2D eigenvalue weighted by molar-refractivity contribution is -0.112. The van der Waals surface area contributed by atoms with Gasteiger partial charge in [0.15, 0.2) is 5.78 Å². The van der Waals surface area contributed by atoms with Crippen LogP contribution < -0.4 is 4.74 Å². The second-order valence-corrected chi connectivity index (χ2v) is 4.57. The van der Waals surface area contributed by atoms with Gasteiger partial charge in [-0.05, 0) is 60.5 Å². The number of carbonyl (C=O) groups is 1. The van der Waals surface area contributed by atoms with Crippen molar-refractivity contribution in [2.24, 2.45) is 4.99 Å². The molecule has 0 heterocycles. The number of methoxy groups -OCH3 is 1. The average Bonchev–Trinajstić information content (AvgIpc) is 2.52. The summed E-state index contributed by atoms with van der Waals surface area (Å²) in [6, 6.07) is 15.4. The van der Waals surface area contributed by atoms with Crippen molar-refractivity contribution in [1.29, 1.82) is 0 Å². The highest BCUT2D eigenvalue weighted by Crippen LogP contribution is 2.15. The fourth-order valence-electron chi connectivity index (χ4n) is 1.72. The van der Waals surface area contributed by atoms with Crippen molar-refractivity contribution in [3.05, 3.63) is 65.7 Å². The molecule has 0 fully saturated rings. The first kappa shape index (κ1) is 14.7. The van der Waals surface area contributed by atoms with Crippen molar-refractivity contribution in [2.45, 2.75) is 6.92 Å². The van der Waals surface area contributed by atoms with Crippen LogP contribution in [0.5, 0.6) is 5.75 Å². The summed E-state index contributed by atoms with van der Waals surface area (Å²) in [6.45, 7) is 1.53. The van der Waals surface area contributed by atoms with Gasteiger partial charge in [0, 0.05) is 6.21 Å². The topological polar surface area (TPSA) is 38.7 Å². The highest BCUT2D eigenvalue weighted by Gasteiger charge is 1.93.